The number of nitrogens with zero attached hydrogens (tertiary/aromatic N) is 1. The van der Waals surface area contributed by atoms with Crippen LogP contribution in [0.2, 0.25) is 5.02 Å². The summed E-state index contributed by atoms with van der Waals surface area (Å²) in [4.78, 5) is 12.9. The zero-order valence-electron chi connectivity index (χ0n) is 10.8. The molecule has 21 heavy (non-hydrogen) atoms. The number of likely N-dealkylation sites (tertiary alicyclic amines) is 1. The first-order valence-corrected chi connectivity index (χ1v) is 6.65. The van der Waals surface area contributed by atoms with Gasteiger partial charge in [0.25, 0.3) is 5.91 Å². The lowest BCUT2D eigenvalue weighted by Gasteiger charge is -2.39. The van der Waals surface area contributed by atoms with Gasteiger partial charge >= 0.3 is 6.18 Å². The van der Waals surface area contributed by atoms with E-state index in [1.54, 1.807) is 0 Å². The van der Waals surface area contributed by atoms with Gasteiger partial charge in [-0.2, -0.15) is 13.2 Å². The minimum absolute atomic E-state index is 0.0526. The fourth-order valence-corrected chi connectivity index (χ4v) is 2.63. The zero-order chi connectivity index (χ0) is 15.8. The lowest BCUT2D eigenvalue weighted by molar-refractivity contribution is -0.184. The summed E-state index contributed by atoms with van der Waals surface area (Å²) in [5.74, 6) is -1.70. The van der Waals surface area contributed by atoms with Gasteiger partial charge in [0.2, 0.25) is 0 Å². The molecule has 0 aromatic heterocycles. The van der Waals surface area contributed by atoms with E-state index in [4.69, 9.17) is 17.3 Å². The molecule has 1 aromatic carbocycles. The lowest BCUT2D eigenvalue weighted by atomic mass is 9.97. The third-order valence-corrected chi connectivity index (χ3v) is 3.58. The third-order valence-electron chi connectivity index (χ3n) is 3.37. The third kappa shape index (κ3) is 3.65. The van der Waals surface area contributed by atoms with Gasteiger partial charge < -0.3 is 10.6 Å². The van der Waals surface area contributed by atoms with Crippen molar-refractivity contribution >= 4 is 17.5 Å². The van der Waals surface area contributed by atoms with Gasteiger partial charge in [-0.15, -0.1) is 0 Å². The van der Waals surface area contributed by atoms with Crippen molar-refractivity contribution in [3.8, 4) is 0 Å². The minimum Gasteiger partial charge on any atom is -0.326 e. The van der Waals surface area contributed by atoms with E-state index in [1.807, 2.05) is 0 Å². The highest BCUT2D eigenvalue weighted by atomic mass is 35.5. The van der Waals surface area contributed by atoms with Crippen LogP contribution in [0.3, 0.4) is 0 Å². The molecular formula is C13H13ClF4N2O. The van der Waals surface area contributed by atoms with Crippen molar-refractivity contribution in [2.75, 3.05) is 6.54 Å². The Morgan fingerprint density at radius 1 is 1.29 bits per heavy atom. The van der Waals surface area contributed by atoms with Gasteiger partial charge in [0.05, 0.1) is 0 Å². The SMILES string of the molecule is NC1CCC(C(F)(F)F)N(C(=O)c2cc(F)cc(Cl)c2)C1. The number of halogens is 5. The smallest absolute Gasteiger partial charge is 0.326 e. The number of hydrogen-bond acceptors (Lipinski definition) is 2. The molecule has 1 heterocycles. The first kappa shape index (κ1) is 16.0. The summed E-state index contributed by atoms with van der Waals surface area (Å²) in [5, 5.41) is -0.0526. The molecule has 0 saturated carbocycles. The van der Waals surface area contributed by atoms with Crippen molar-refractivity contribution in [3.63, 3.8) is 0 Å². The molecule has 3 nitrogen and oxygen atoms in total. The van der Waals surface area contributed by atoms with Gasteiger partial charge in [0, 0.05) is 23.2 Å². The number of alkyl halides is 3. The van der Waals surface area contributed by atoms with Crippen LogP contribution in [0.4, 0.5) is 17.6 Å². The topological polar surface area (TPSA) is 46.3 Å². The number of carbonyl (C=O) groups is 1. The van der Waals surface area contributed by atoms with Gasteiger partial charge in [-0.1, -0.05) is 11.6 Å². The molecule has 1 aliphatic heterocycles. The standard InChI is InChI=1S/C13H13ClF4N2O/c14-8-3-7(4-9(15)5-8)12(21)20-6-10(19)1-2-11(20)13(16,17)18/h3-5,10-11H,1-2,6,19H2. The summed E-state index contributed by atoms with van der Waals surface area (Å²) in [5.41, 5.74) is 5.43. The summed E-state index contributed by atoms with van der Waals surface area (Å²) < 4.78 is 52.3. The Morgan fingerprint density at radius 3 is 2.52 bits per heavy atom. The van der Waals surface area contributed by atoms with Crippen molar-refractivity contribution in [3.05, 3.63) is 34.6 Å². The van der Waals surface area contributed by atoms with Crippen LogP contribution in [-0.2, 0) is 0 Å². The summed E-state index contributed by atoms with van der Waals surface area (Å²) in [6, 6.07) is 0.535. The van der Waals surface area contributed by atoms with E-state index in [2.05, 4.69) is 0 Å². The molecule has 2 unspecified atom stereocenters. The Bertz CT molecular complexity index is 529. The normalized spacial score (nSPS) is 23.2. The number of rotatable bonds is 1. The average Bonchev–Trinajstić information content (AvgIpc) is 2.35. The van der Waals surface area contributed by atoms with Crippen molar-refractivity contribution in [1.29, 1.82) is 0 Å². The van der Waals surface area contributed by atoms with Gasteiger partial charge in [-0.3, -0.25) is 4.79 Å². The van der Waals surface area contributed by atoms with E-state index in [9.17, 15) is 22.4 Å². The van der Waals surface area contributed by atoms with Crippen LogP contribution in [0.15, 0.2) is 18.2 Å². The highest BCUT2D eigenvalue weighted by Crippen LogP contribution is 2.32. The Morgan fingerprint density at radius 2 is 1.95 bits per heavy atom. The molecule has 116 valence electrons. The minimum atomic E-state index is -4.55. The van der Waals surface area contributed by atoms with Gasteiger partial charge in [0.1, 0.15) is 11.9 Å². The predicted molar refractivity (Wildman–Crippen MR) is 69.5 cm³/mol. The molecule has 1 amide bonds. The van der Waals surface area contributed by atoms with Crippen LogP contribution < -0.4 is 5.73 Å². The molecule has 1 aliphatic rings. The summed E-state index contributed by atoms with van der Waals surface area (Å²) in [6.07, 6.45) is -4.63. The number of benzene rings is 1. The second-order valence-corrected chi connectivity index (χ2v) is 5.45. The maximum Gasteiger partial charge on any atom is 0.408 e. The van der Waals surface area contributed by atoms with Crippen LogP contribution in [0.5, 0.6) is 0 Å². The summed E-state index contributed by atoms with van der Waals surface area (Å²) in [6.45, 7) is -0.225. The maximum atomic E-state index is 13.3. The Hall–Kier alpha value is -1.34. The number of carbonyl (C=O) groups excluding carboxylic acids is 1. The van der Waals surface area contributed by atoms with Gasteiger partial charge in [-0.25, -0.2) is 4.39 Å². The molecule has 1 fully saturated rings. The quantitative estimate of drug-likeness (QED) is 0.807. The first-order chi connectivity index (χ1) is 9.68. The molecule has 0 bridgehead atoms. The van der Waals surface area contributed by atoms with E-state index in [-0.39, 0.29) is 30.0 Å². The highest BCUT2D eigenvalue weighted by molar-refractivity contribution is 6.31. The van der Waals surface area contributed by atoms with E-state index >= 15 is 0 Å². The first-order valence-electron chi connectivity index (χ1n) is 6.28. The van der Waals surface area contributed by atoms with E-state index in [0.717, 1.165) is 18.2 Å². The number of nitrogens with two attached hydrogens (primary N) is 1. The highest BCUT2D eigenvalue weighted by Gasteiger charge is 2.47. The molecule has 8 heteroatoms. The molecule has 2 rings (SSSR count). The van der Waals surface area contributed by atoms with Crippen molar-refractivity contribution < 1.29 is 22.4 Å². The molecule has 2 atom stereocenters. The zero-order valence-corrected chi connectivity index (χ0v) is 11.6. The monoisotopic (exact) mass is 324 g/mol. The Labute approximate surface area is 123 Å². The van der Waals surface area contributed by atoms with E-state index < -0.39 is 30.0 Å². The van der Waals surface area contributed by atoms with Crippen molar-refractivity contribution in [2.45, 2.75) is 31.1 Å². The fraction of sp³-hybridized carbons (Fsp3) is 0.462. The molecule has 0 aliphatic carbocycles. The van der Waals surface area contributed by atoms with Crippen LogP contribution in [-0.4, -0.2) is 35.6 Å². The second kappa shape index (κ2) is 5.81. The predicted octanol–water partition coefficient (Wildman–Crippen LogP) is 2.97. The maximum absolute atomic E-state index is 13.3. The molecule has 0 radical (unpaired) electrons. The molecule has 1 saturated heterocycles. The molecule has 1 aromatic rings. The Kier molecular flexibility index (Phi) is 4.43. The van der Waals surface area contributed by atoms with E-state index in [1.165, 1.54) is 0 Å². The van der Waals surface area contributed by atoms with Crippen molar-refractivity contribution in [1.82, 2.24) is 4.90 Å². The number of hydrogen-bond donors (Lipinski definition) is 1. The number of piperidine rings is 1. The fourth-order valence-electron chi connectivity index (χ4n) is 2.41. The Balaban J connectivity index is 2.33. The molecule has 0 spiro atoms. The molecular weight excluding hydrogens is 312 g/mol. The van der Waals surface area contributed by atoms with Crippen LogP contribution >= 0.6 is 11.6 Å². The summed E-state index contributed by atoms with van der Waals surface area (Å²) >= 11 is 5.63. The van der Waals surface area contributed by atoms with Crippen LogP contribution in [0.1, 0.15) is 23.2 Å². The van der Waals surface area contributed by atoms with Gasteiger partial charge in [0.15, 0.2) is 0 Å². The average molecular weight is 325 g/mol. The van der Waals surface area contributed by atoms with Crippen molar-refractivity contribution in [2.24, 2.45) is 5.73 Å². The van der Waals surface area contributed by atoms with Gasteiger partial charge in [-0.05, 0) is 31.0 Å². The van der Waals surface area contributed by atoms with Crippen LogP contribution in [0, 0.1) is 5.82 Å². The number of amides is 1. The van der Waals surface area contributed by atoms with E-state index in [0.29, 0.717) is 4.90 Å². The largest absolute Gasteiger partial charge is 0.408 e. The summed E-state index contributed by atoms with van der Waals surface area (Å²) in [7, 11) is 0. The second-order valence-electron chi connectivity index (χ2n) is 5.01. The molecule has 2 N–H and O–H groups in total. The van der Waals surface area contributed by atoms with Crippen LogP contribution in [0.25, 0.3) is 0 Å². The lowest BCUT2D eigenvalue weighted by Crippen LogP contribution is -2.56.